The summed E-state index contributed by atoms with van der Waals surface area (Å²) in [5, 5.41) is 33.2. The van der Waals surface area contributed by atoms with Gasteiger partial charge in [0.15, 0.2) is 0 Å². The lowest BCUT2D eigenvalue weighted by Gasteiger charge is -2.21. The molecule has 13 nitrogen and oxygen atoms in total. The van der Waals surface area contributed by atoms with Gasteiger partial charge >= 0.3 is 17.9 Å². The van der Waals surface area contributed by atoms with Crippen molar-refractivity contribution in [1.29, 1.82) is 0 Å². The topological polar surface area (TPSA) is 225 Å². The number of carboxylic acids is 3. The lowest BCUT2D eigenvalue weighted by molar-refractivity contribution is -0.143. The van der Waals surface area contributed by atoms with Crippen molar-refractivity contribution in [3.63, 3.8) is 0 Å². The second kappa shape index (κ2) is 14.2. The second-order valence-corrected chi connectivity index (χ2v) is 7.14. The van der Waals surface area contributed by atoms with Crippen LogP contribution in [0.5, 0.6) is 0 Å². The minimum Gasteiger partial charge on any atom is -0.481 e. The van der Waals surface area contributed by atoms with E-state index in [1.165, 1.54) is 11.8 Å². The molecular formula is C16H26N4O9S. The van der Waals surface area contributed by atoms with Crippen molar-refractivity contribution in [2.24, 2.45) is 5.73 Å². The van der Waals surface area contributed by atoms with Crippen molar-refractivity contribution in [1.82, 2.24) is 16.0 Å². The van der Waals surface area contributed by atoms with Gasteiger partial charge in [-0.25, -0.2) is 4.79 Å². The van der Waals surface area contributed by atoms with Crippen LogP contribution >= 0.6 is 11.8 Å². The van der Waals surface area contributed by atoms with Crippen LogP contribution in [0.1, 0.15) is 25.7 Å². The molecule has 0 fully saturated rings. The third kappa shape index (κ3) is 11.9. The molecule has 0 aliphatic rings. The van der Waals surface area contributed by atoms with E-state index in [0.29, 0.717) is 5.75 Å². The van der Waals surface area contributed by atoms with E-state index in [4.69, 9.17) is 15.9 Å². The number of carbonyl (C=O) groups excluding carboxylic acids is 3. The van der Waals surface area contributed by atoms with Gasteiger partial charge in [-0.1, -0.05) is 0 Å². The van der Waals surface area contributed by atoms with E-state index in [0.717, 1.165) is 0 Å². The summed E-state index contributed by atoms with van der Waals surface area (Å²) in [6.45, 7) is -0.641. The molecule has 0 saturated carbocycles. The quantitative estimate of drug-likeness (QED) is 0.139. The number of aliphatic carboxylic acids is 3. The van der Waals surface area contributed by atoms with Gasteiger partial charge in [0.1, 0.15) is 12.1 Å². The van der Waals surface area contributed by atoms with Crippen LogP contribution in [0.15, 0.2) is 0 Å². The minimum atomic E-state index is -1.38. The van der Waals surface area contributed by atoms with Crippen LogP contribution in [0.25, 0.3) is 0 Å². The van der Waals surface area contributed by atoms with E-state index in [9.17, 15) is 33.9 Å². The summed E-state index contributed by atoms with van der Waals surface area (Å²) in [7, 11) is 0. The predicted octanol–water partition coefficient (Wildman–Crippen LogP) is -2.42. The molecule has 0 aliphatic heterocycles. The third-order valence-corrected chi connectivity index (χ3v) is 4.32. The normalized spacial score (nSPS) is 13.4. The molecule has 14 heteroatoms. The van der Waals surface area contributed by atoms with Crippen LogP contribution < -0.4 is 21.7 Å². The second-order valence-electron chi connectivity index (χ2n) is 6.16. The summed E-state index contributed by atoms with van der Waals surface area (Å²) < 4.78 is 0. The van der Waals surface area contributed by atoms with E-state index < -0.39 is 73.1 Å². The van der Waals surface area contributed by atoms with Crippen molar-refractivity contribution in [3.8, 4) is 0 Å². The first-order valence-electron chi connectivity index (χ1n) is 8.76. The fourth-order valence-corrected chi connectivity index (χ4v) is 2.60. The standard InChI is InChI=1S/C16H26N4O9S/c1-30-5-4-10(16(28)29)20-15(27)9(2-3-12(22)23)19-11(21)7-18-14(26)8(17)6-13(24)25/h8-10H,2-7,17H2,1H3,(H,18,26)(H,19,21)(H,20,27)(H,22,23)(H,24,25)(H,28,29). The Morgan fingerprint density at radius 3 is 2.03 bits per heavy atom. The first-order valence-corrected chi connectivity index (χ1v) is 10.2. The summed E-state index contributed by atoms with van der Waals surface area (Å²) in [5.41, 5.74) is 5.35. The van der Waals surface area contributed by atoms with Crippen molar-refractivity contribution in [2.45, 2.75) is 43.8 Å². The molecule has 3 amide bonds. The molecule has 0 aromatic rings. The lowest BCUT2D eigenvalue weighted by Crippen LogP contribution is -2.54. The Bertz CT molecular complexity index is 659. The lowest BCUT2D eigenvalue weighted by atomic mass is 10.1. The maximum Gasteiger partial charge on any atom is 0.326 e. The molecule has 8 N–H and O–H groups in total. The van der Waals surface area contributed by atoms with Gasteiger partial charge < -0.3 is 37.0 Å². The van der Waals surface area contributed by atoms with E-state index in [-0.39, 0.29) is 12.8 Å². The minimum absolute atomic E-state index is 0.124. The zero-order valence-electron chi connectivity index (χ0n) is 16.3. The number of nitrogens with two attached hydrogens (primary N) is 1. The summed E-state index contributed by atoms with van der Waals surface area (Å²) in [5.74, 6) is -6.01. The number of hydrogen-bond acceptors (Lipinski definition) is 8. The summed E-state index contributed by atoms with van der Waals surface area (Å²) >= 11 is 1.37. The van der Waals surface area contributed by atoms with Gasteiger partial charge in [0, 0.05) is 6.42 Å². The zero-order chi connectivity index (χ0) is 23.3. The Balaban J connectivity index is 4.94. The number of amides is 3. The molecule has 0 aliphatic carbocycles. The molecule has 0 rings (SSSR count). The van der Waals surface area contributed by atoms with Crippen molar-refractivity contribution >= 4 is 47.4 Å². The van der Waals surface area contributed by atoms with Crippen LogP contribution in [0.3, 0.4) is 0 Å². The average molecular weight is 450 g/mol. The molecule has 0 aromatic heterocycles. The largest absolute Gasteiger partial charge is 0.481 e. The molecule has 3 unspecified atom stereocenters. The number of nitrogens with one attached hydrogen (secondary N) is 3. The number of thioether (sulfide) groups is 1. The van der Waals surface area contributed by atoms with Gasteiger partial charge in [0.2, 0.25) is 17.7 Å². The number of carboxylic acid groups (broad SMARTS) is 3. The summed E-state index contributed by atoms with van der Waals surface area (Å²) in [6.07, 6.45) is 0.446. The molecule has 170 valence electrons. The van der Waals surface area contributed by atoms with Gasteiger partial charge in [-0.3, -0.25) is 24.0 Å². The fourth-order valence-electron chi connectivity index (χ4n) is 2.13. The molecule has 0 heterocycles. The van der Waals surface area contributed by atoms with E-state index >= 15 is 0 Å². The first-order chi connectivity index (χ1) is 14.0. The predicted molar refractivity (Wildman–Crippen MR) is 105 cm³/mol. The van der Waals surface area contributed by atoms with Crippen LogP contribution in [0.2, 0.25) is 0 Å². The first kappa shape index (κ1) is 27.1. The SMILES string of the molecule is CSCCC(NC(=O)C(CCC(=O)O)NC(=O)CNC(=O)C(N)CC(=O)O)C(=O)O. The van der Waals surface area contributed by atoms with Crippen LogP contribution in [-0.4, -0.2) is 87.6 Å². The molecular weight excluding hydrogens is 424 g/mol. The molecule has 30 heavy (non-hydrogen) atoms. The summed E-state index contributed by atoms with van der Waals surface area (Å²) in [6, 6.07) is -3.95. The Kier molecular flexibility index (Phi) is 12.8. The van der Waals surface area contributed by atoms with E-state index in [2.05, 4.69) is 16.0 Å². The molecule has 0 aromatic carbocycles. The van der Waals surface area contributed by atoms with Crippen molar-refractivity contribution in [2.75, 3.05) is 18.6 Å². The van der Waals surface area contributed by atoms with Gasteiger partial charge in [-0.2, -0.15) is 11.8 Å². The van der Waals surface area contributed by atoms with Crippen molar-refractivity contribution < 1.29 is 44.1 Å². The highest BCUT2D eigenvalue weighted by molar-refractivity contribution is 7.98. The molecule has 0 radical (unpaired) electrons. The monoisotopic (exact) mass is 450 g/mol. The average Bonchev–Trinajstić information content (AvgIpc) is 2.65. The summed E-state index contributed by atoms with van der Waals surface area (Å²) in [4.78, 5) is 68.6. The fraction of sp³-hybridized carbons (Fsp3) is 0.625. The maximum atomic E-state index is 12.4. The van der Waals surface area contributed by atoms with Crippen LogP contribution in [0, 0.1) is 0 Å². The highest BCUT2D eigenvalue weighted by atomic mass is 32.2. The van der Waals surface area contributed by atoms with E-state index in [1.807, 2.05) is 0 Å². The van der Waals surface area contributed by atoms with Gasteiger partial charge in [0.05, 0.1) is 19.0 Å². The highest BCUT2D eigenvalue weighted by Gasteiger charge is 2.27. The maximum absolute atomic E-state index is 12.4. The molecule has 0 saturated heterocycles. The number of rotatable bonds is 15. The van der Waals surface area contributed by atoms with Gasteiger partial charge in [-0.05, 0) is 24.9 Å². The van der Waals surface area contributed by atoms with Crippen LogP contribution in [0.4, 0.5) is 0 Å². The van der Waals surface area contributed by atoms with E-state index in [1.54, 1.807) is 6.26 Å². The van der Waals surface area contributed by atoms with Crippen LogP contribution in [-0.2, 0) is 28.8 Å². The Labute approximate surface area is 176 Å². The Hall–Kier alpha value is -2.87. The number of hydrogen-bond donors (Lipinski definition) is 7. The third-order valence-electron chi connectivity index (χ3n) is 3.68. The molecule has 0 spiro atoms. The highest BCUT2D eigenvalue weighted by Crippen LogP contribution is 2.04. The molecule has 0 bridgehead atoms. The van der Waals surface area contributed by atoms with Crippen molar-refractivity contribution in [3.05, 3.63) is 0 Å². The zero-order valence-corrected chi connectivity index (χ0v) is 17.1. The molecule has 3 atom stereocenters. The smallest absolute Gasteiger partial charge is 0.326 e. The Morgan fingerprint density at radius 1 is 0.900 bits per heavy atom. The van der Waals surface area contributed by atoms with Gasteiger partial charge in [-0.15, -0.1) is 0 Å². The number of carbonyl (C=O) groups is 6. The van der Waals surface area contributed by atoms with Gasteiger partial charge in [0.25, 0.3) is 0 Å². The Morgan fingerprint density at radius 2 is 1.53 bits per heavy atom.